The number of carbonyl (C=O) groups is 1. The van der Waals surface area contributed by atoms with Gasteiger partial charge in [-0.15, -0.1) is 0 Å². The van der Waals surface area contributed by atoms with Crippen molar-refractivity contribution in [2.75, 3.05) is 57.3 Å². The third-order valence-corrected chi connectivity index (χ3v) is 10.4. The summed E-state index contributed by atoms with van der Waals surface area (Å²) in [6.07, 6.45) is 1.04. The van der Waals surface area contributed by atoms with E-state index in [-0.39, 0.29) is 10.8 Å². The fourth-order valence-corrected chi connectivity index (χ4v) is 8.32. The van der Waals surface area contributed by atoms with Gasteiger partial charge in [0, 0.05) is 62.9 Å². The molecule has 3 aromatic rings. The van der Waals surface area contributed by atoms with Crippen molar-refractivity contribution in [3.63, 3.8) is 0 Å². The van der Waals surface area contributed by atoms with Crippen molar-refractivity contribution >= 4 is 54.2 Å². The molecule has 2 aliphatic rings. The lowest BCUT2D eigenvalue weighted by Gasteiger charge is -2.34. The first-order valence-corrected chi connectivity index (χ1v) is 15.7. The van der Waals surface area contributed by atoms with Gasteiger partial charge in [-0.25, -0.2) is 13.4 Å². The van der Waals surface area contributed by atoms with Crippen LogP contribution >= 0.6 is 22.9 Å². The van der Waals surface area contributed by atoms with Crippen LogP contribution in [0.5, 0.6) is 0 Å². The Kier molecular flexibility index (Phi) is 8.25. The van der Waals surface area contributed by atoms with Crippen LogP contribution in [0.3, 0.4) is 0 Å². The molecule has 0 radical (unpaired) electrons. The monoisotopic (exact) mass is 575 g/mol. The standard InChI is InChI=1S/C27H34ClN5O3S2/c1-19-15-20(2)18-33(17-19)38(35,36)23-6-3-21(4-7-23)26(34)29-9-10-31-11-13-32(14-12-31)27-30-24-8-5-22(28)16-25(24)37-27/h3-8,16,19-20H,9-15,17-18H2,1-2H3,(H,29,34). The smallest absolute Gasteiger partial charge is 0.251 e. The first kappa shape index (κ1) is 27.3. The number of nitrogens with one attached hydrogen (secondary N) is 1. The van der Waals surface area contributed by atoms with Gasteiger partial charge in [0.15, 0.2) is 5.13 Å². The third-order valence-electron chi connectivity index (χ3n) is 7.29. The lowest BCUT2D eigenvalue weighted by Crippen LogP contribution is -2.48. The summed E-state index contributed by atoms with van der Waals surface area (Å²) in [6.45, 7) is 10.1. The van der Waals surface area contributed by atoms with Gasteiger partial charge in [0.25, 0.3) is 5.91 Å². The minimum absolute atomic E-state index is 0.194. The molecular formula is C27H34ClN5O3S2. The summed E-state index contributed by atoms with van der Waals surface area (Å²) in [4.78, 5) is 22.3. The zero-order chi connectivity index (χ0) is 26.9. The highest BCUT2D eigenvalue weighted by Gasteiger charge is 2.31. The summed E-state index contributed by atoms with van der Waals surface area (Å²) in [7, 11) is -3.55. The van der Waals surface area contributed by atoms with Crippen molar-refractivity contribution in [3.05, 3.63) is 53.1 Å². The molecule has 204 valence electrons. The van der Waals surface area contributed by atoms with Gasteiger partial charge < -0.3 is 10.2 Å². The van der Waals surface area contributed by atoms with Gasteiger partial charge in [-0.3, -0.25) is 9.69 Å². The summed E-state index contributed by atoms with van der Waals surface area (Å²) in [5.74, 6) is 0.489. The normalized spacial score (nSPS) is 21.6. The number of piperidine rings is 1. The number of fused-ring (bicyclic) bond motifs is 1. The molecule has 3 heterocycles. The molecule has 5 rings (SSSR count). The Bertz CT molecular complexity index is 1380. The summed E-state index contributed by atoms with van der Waals surface area (Å²) < 4.78 is 28.8. The molecular weight excluding hydrogens is 542 g/mol. The van der Waals surface area contributed by atoms with Crippen LogP contribution in [-0.4, -0.2) is 80.9 Å². The lowest BCUT2D eigenvalue weighted by atomic mass is 9.94. The molecule has 0 saturated carbocycles. The Morgan fingerprint density at radius 1 is 1.05 bits per heavy atom. The van der Waals surface area contributed by atoms with Crippen LogP contribution in [0.1, 0.15) is 30.6 Å². The fourth-order valence-electron chi connectivity index (χ4n) is 5.34. The highest BCUT2D eigenvalue weighted by atomic mass is 35.5. The number of amides is 1. The maximum atomic E-state index is 13.1. The molecule has 0 bridgehead atoms. The Hall–Kier alpha value is -2.24. The zero-order valence-electron chi connectivity index (χ0n) is 21.8. The molecule has 2 saturated heterocycles. The molecule has 1 N–H and O–H groups in total. The number of thiazole rings is 1. The van der Waals surface area contributed by atoms with Gasteiger partial charge in [-0.1, -0.05) is 36.8 Å². The Morgan fingerprint density at radius 3 is 2.42 bits per heavy atom. The van der Waals surface area contributed by atoms with Crippen LogP contribution < -0.4 is 10.2 Å². The van der Waals surface area contributed by atoms with Crippen molar-refractivity contribution in [1.29, 1.82) is 0 Å². The van der Waals surface area contributed by atoms with Crippen molar-refractivity contribution in [3.8, 4) is 0 Å². The summed E-state index contributed by atoms with van der Waals surface area (Å²) >= 11 is 7.77. The van der Waals surface area contributed by atoms with Crippen LogP contribution in [0.4, 0.5) is 5.13 Å². The number of sulfonamides is 1. The molecule has 38 heavy (non-hydrogen) atoms. The van der Waals surface area contributed by atoms with Crippen LogP contribution in [-0.2, 0) is 10.0 Å². The Balaban J connectivity index is 1.09. The van der Waals surface area contributed by atoms with E-state index < -0.39 is 10.0 Å². The average molecular weight is 576 g/mol. The van der Waals surface area contributed by atoms with E-state index in [2.05, 4.69) is 29.0 Å². The Morgan fingerprint density at radius 2 is 1.74 bits per heavy atom. The van der Waals surface area contributed by atoms with E-state index in [1.54, 1.807) is 39.9 Å². The second-order valence-corrected chi connectivity index (χ2v) is 13.9. The average Bonchev–Trinajstić information content (AvgIpc) is 3.32. The molecule has 1 aromatic heterocycles. The number of anilines is 1. The molecule has 0 spiro atoms. The minimum Gasteiger partial charge on any atom is -0.351 e. The van der Waals surface area contributed by atoms with Gasteiger partial charge in [-0.05, 0) is 60.7 Å². The van der Waals surface area contributed by atoms with Crippen LogP contribution in [0.25, 0.3) is 10.2 Å². The number of benzene rings is 2. The van der Waals surface area contributed by atoms with Crippen molar-refractivity contribution < 1.29 is 13.2 Å². The number of rotatable bonds is 7. The molecule has 2 aliphatic heterocycles. The predicted octanol–water partition coefficient (Wildman–Crippen LogP) is 4.17. The maximum Gasteiger partial charge on any atom is 0.251 e. The SMILES string of the molecule is CC1CC(C)CN(S(=O)(=O)c2ccc(C(=O)NCCN3CCN(c4nc5ccc(Cl)cc5s4)CC3)cc2)C1. The van der Waals surface area contributed by atoms with E-state index in [0.717, 1.165) is 59.5 Å². The minimum atomic E-state index is -3.55. The number of hydrogen-bond acceptors (Lipinski definition) is 7. The third kappa shape index (κ3) is 6.15. The first-order valence-electron chi connectivity index (χ1n) is 13.1. The first-order chi connectivity index (χ1) is 18.2. The highest BCUT2D eigenvalue weighted by molar-refractivity contribution is 7.89. The van der Waals surface area contributed by atoms with E-state index in [0.29, 0.717) is 37.0 Å². The van der Waals surface area contributed by atoms with Crippen molar-refractivity contribution in [1.82, 2.24) is 19.5 Å². The fraction of sp³-hybridized carbons (Fsp3) is 0.481. The second kappa shape index (κ2) is 11.5. The highest BCUT2D eigenvalue weighted by Crippen LogP contribution is 2.31. The van der Waals surface area contributed by atoms with Crippen LogP contribution in [0, 0.1) is 11.8 Å². The number of piperazine rings is 1. The van der Waals surface area contributed by atoms with E-state index >= 15 is 0 Å². The molecule has 2 atom stereocenters. The van der Waals surface area contributed by atoms with E-state index in [1.165, 1.54) is 0 Å². The molecule has 8 nitrogen and oxygen atoms in total. The molecule has 11 heteroatoms. The van der Waals surface area contributed by atoms with Crippen LogP contribution in [0.15, 0.2) is 47.4 Å². The quantitative estimate of drug-likeness (QED) is 0.455. The molecule has 2 unspecified atom stereocenters. The zero-order valence-corrected chi connectivity index (χ0v) is 24.2. The number of hydrogen-bond donors (Lipinski definition) is 1. The van der Waals surface area contributed by atoms with Gasteiger partial charge in [0.05, 0.1) is 15.1 Å². The van der Waals surface area contributed by atoms with Crippen molar-refractivity contribution in [2.24, 2.45) is 11.8 Å². The number of nitrogens with zero attached hydrogens (tertiary/aromatic N) is 4. The van der Waals surface area contributed by atoms with E-state index in [9.17, 15) is 13.2 Å². The van der Waals surface area contributed by atoms with Gasteiger partial charge in [0.1, 0.15) is 0 Å². The molecule has 1 amide bonds. The number of carbonyl (C=O) groups excluding carboxylic acids is 1. The summed E-state index contributed by atoms with van der Waals surface area (Å²) in [5, 5.41) is 4.71. The predicted molar refractivity (Wildman–Crippen MR) is 154 cm³/mol. The maximum absolute atomic E-state index is 13.1. The van der Waals surface area contributed by atoms with Crippen LogP contribution in [0.2, 0.25) is 5.02 Å². The van der Waals surface area contributed by atoms with Crippen molar-refractivity contribution in [2.45, 2.75) is 25.2 Å². The topological polar surface area (TPSA) is 85.8 Å². The largest absolute Gasteiger partial charge is 0.351 e. The molecule has 0 aliphatic carbocycles. The lowest BCUT2D eigenvalue weighted by molar-refractivity contribution is 0.0947. The van der Waals surface area contributed by atoms with Gasteiger partial charge in [-0.2, -0.15) is 4.31 Å². The Labute approximate surface area is 233 Å². The van der Waals surface area contributed by atoms with Gasteiger partial charge >= 0.3 is 0 Å². The molecule has 2 aromatic carbocycles. The second-order valence-electron chi connectivity index (χ2n) is 10.5. The van der Waals surface area contributed by atoms with E-state index in [4.69, 9.17) is 16.6 Å². The molecule has 2 fully saturated rings. The summed E-state index contributed by atoms with van der Waals surface area (Å²) in [5.41, 5.74) is 1.44. The number of halogens is 1. The van der Waals surface area contributed by atoms with Gasteiger partial charge in [0.2, 0.25) is 10.0 Å². The van der Waals surface area contributed by atoms with E-state index in [1.807, 2.05) is 18.2 Å². The summed E-state index contributed by atoms with van der Waals surface area (Å²) in [6, 6.07) is 12.1. The number of aromatic nitrogens is 1.